The molecule has 0 aromatic carbocycles. The van der Waals surface area contributed by atoms with Gasteiger partial charge in [-0.25, -0.2) is 0 Å². The Bertz CT molecular complexity index is 565. The molecule has 0 heterocycles. The Morgan fingerprint density at radius 3 is 2.00 bits per heavy atom. The van der Waals surface area contributed by atoms with Crippen LogP contribution in [0.5, 0.6) is 0 Å². The highest BCUT2D eigenvalue weighted by molar-refractivity contribution is 6.43. The Balaban J connectivity index is 2.30. The van der Waals surface area contributed by atoms with Gasteiger partial charge >= 0.3 is 0 Å². The number of carbonyl (C=O) groups is 2. The first-order valence-electron chi connectivity index (χ1n) is 7.52. The van der Waals surface area contributed by atoms with Gasteiger partial charge in [-0.2, -0.15) is 0 Å². The first-order chi connectivity index (χ1) is 9.02. The molecule has 4 aliphatic carbocycles. The molecular weight excluding hydrogens is 248 g/mol. The fraction of sp³-hybridized carbons (Fsp3) is 0.667. The number of hydrogen-bond donors (Lipinski definition) is 0. The first kappa shape index (κ1) is 13.8. The summed E-state index contributed by atoms with van der Waals surface area (Å²) in [6.07, 6.45) is 6.45. The molecular formula is C18H24O2. The van der Waals surface area contributed by atoms with E-state index in [1.807, 2.05) is 0 Å². The van der Waals surface area contributed by atoms with Crippen LogP contribution < -0.4 is 0 Å². The zero-order chi connectivity index (χ0) is 15.1. The van der Waals surface area contributed by atoms with E-state index in [0.717, 1.165) is 0 Å². The molecule has 0 unspecified atom stereocenters. The molecule has 2 nitrogen and oxygen atoms in total. The highest BCUT2D eigenvalue weighted by atomic mass is 16.2. The van der Waals surface area contributed by atoms with Crippen LogP contribution in [0, 0.1) is 34.0 Å². The first-order valence-corrected chi connectivity index (χ1v) is 7.52. The summed E-state index contributed by atoms with van der Waals surface area (Å²) in [6.45, 7) is 12.7. The zero-order valence-electron chi connectivity index (χ0n) is 13.3. The van der Waals surface area contributed by atoms with Gasteiger partial charge < -0.3 is 0 Å². The van der Waals surface area contributed by atoms with Crippen LogP contribution in [0.15, 0.2) is 23.8 Å². The fourth-order valence-corrected chi connectivity index (χ4v) is 4.38. The smallest absolute Gasteiger partial charge is 0.210 e. The average molecular weight is 272 g/mol. The topological polar surface area (TPSA) is 34.1 Å². The van der Waals surface area contributed by atoms with Crippen LogP contribution in [-0.2, 0) is 9.59 Å². The molecule has 0 aromatic heterocycles. The molecule has 0 saturated heterocycles. The number of fused-ring (bicyclic) bond motifs is 1. The molecule has 4 atom stereocenters. The lowest BCUT2D eigenvalue weighted by Crippen LogP contribution is -2.65. The lowest BCUT2D eigenvalue weighted by atomic mass is 9.40. The standard InChI is InChI=1S/C18H24O2/c1-16(2,3)12-9-18(17(4,5)6)11-8-7-10(11)13(12)14(19)15(18)20/h7-11,13H,1-6H3/t10-,11-,13+,18+/m1/s1. The minimum Gasteiger partial charge on any atom is -0.290 e. The van der Waals surface area contributed by atoms with Gasteiger partial charge in [-0.1, -0.05) is 65.3 Å². The van der Waals surface area contributed by atoms with Crippen LogP contribution in [0.4, 0.5) is 0 Å². The van der Waals surface area contributed by atoms with Gasteiger partial charge in [-0.05, 0) is 16.7 Å². The maximum atomic E-state index is 12.8. The summed E-state index contributed by atoms with van der Waals surface area (Å²) in [4.78, 5) is 25.5. The summed E-state index contributed by atoms with van der Waals surface area (Å²) in [7, 11) is 0. The summed E-state index contributed by atoms with van der Waals surface area (Å²) >= 11 is 0. The maximum Gasteiger partial charge on any atom is 0.210 e. The average Bonchev–Trinajstić information content (AvgIpc) is 2.22. The van der Waals surface area contributed by atoms with E-state index in [1.54, 1.807) is 0 Å². The van der Waals surface area contributed by atoms with Crippen LogP contribution in [0.25, 0.3) is 0 Å². The second kappa shape index (κ2) is 3.52. The van der Waals surface area contributed by atoms with Gasteiger partial charge in [0.2, 0.25) is 11.6 Å². The van der Waals surface area contributed by atoms with Crippen molar-refractivity contribution in [3.05, 3.63) is 23.8 Å². The van der Waals surface area contributed by atoms with Gasteiger partial charge in [-0.3, -0.25) is 9.59 Å². The van der Waals surface area contributed by atoms with Crippen molar-refractivity contribution in [1.29, 1.82) is 0 Å². The van der Waals surface area contributed by atoms with Crippen molar-refractivity contribution in [1.82, 2.24) is 0 Å². The van der Waals surface area contributed by atoms with E-state index in [-0.39, 0.29) is 40.2 Å². The number of Topliss-reactive ketones (excluding diaryl/α,β-unsaturated/α-hetero) is 2. The monoisotopic (exact) mass is 272 g/mol. The van der Waals surface area contributed by atoms with Gasteiger partial charge in [0.05, 0.1) is 11.3 Å². The summed E-state index contributed by atoms with van der Waals surface area (Å²) in [5.74, 6) is -0.0734. The van der Waals surface area contributed by atoms with Gasteiger partial charge in [-0.15, -0.1) is 0 Å². The third-order valence-corrected chi connectivity index (χ3v) is 5.57. The van der Waals surface area contributed by atoms with E-state index in [4.69, 9.17) is 0 Å². The Kier molecular flexibility index (Phi) is 2.43. The maximum absolute atomic E-state index is 12.8. The lowest BCUT2D eigenvalue weighted by Gasteiger charge is -2.61. The van der Waals surface area contributed by atoms with E-state index in [0.29, 0.717) is 0 Å². The molecule has 0 amide bonds. The highest BCUT2D eigenvalue weighted by Gasteiger charge is 2.67. The highest BCUT2D eigenvalue weighted by Crippen LogP contribution is 2.65. The number of allylic oxidation sites excluding steroid dienone is 4. The van der Waals surface area contributed by atoms with Gasteiger partial charge in [0.1, 0.15) is 0 Å². The predicted molar refractivity (Wildman–Crippen MR) is 79.1 cm³/mol. The second-order valence-electron chi connectivity index (χ2n) is 8.63. The molecule has 20 heavy (non-hydrogen) atoms. The zero-order valence-corrected chi connectivity index (χ0v) is 13.3. The molecule has 0 aliphatic heterocycles. The summed E-state index contributed by atoms with van der Waals surface area (Å²) in [6, 6.07) is 0. The summed E-state index contributed by atoms with van der Waals surface area (Å²) < 4.78 is 0. The van der Waals surface area contributed by atoms with Gasteiger partial charge in [0.25, 0.3) is 0 Å². The molecule has 0 spiro atoms. The van der Waals surface area contributed by atoms with Crippen LogP contribution >= 0.6 is 0 Å². The van der Waals surface area contributed by atoms with E-state index in [2.05, 4.69) is 59.8 Å². The van der Waals surface area contributed by atoms with E-state index in [1.165, 1.54) is 5.57 Å². The van der Waals surface area contributed by atoms with Crippen LogP contribution in [0.3, 0.4) is 0 Å². The molecule has 1 saturated carbocycles. The number of carbonyl (C=O) groups excluding carboxylic acids is 2. The van der Waals surface area contributed by atoms with Crippen molar-refractivity contribution in [3.8, 4) is 0 Å². The van der Waals surface area contributed by atoms with Crippen molar-refractivity contribution >= 4 is 11.6 Å². The molecule has 2 heteroatoms. The number of rotatable bonds is 0. The van der Waals surface area contributed by atoms with Crippen molar-refractivity contribution in [2.24, 2.45) is 34.0 Å². The lowest BCUT2D eigenvalue weighted by molar-refractivity contribution is -0.158. The third kappa shape index (κ3) is 1.35. The van der Waals surface area contributed by atoms with E-state index < -0.39 is 5.41 Å². The minimum atomic E-state index is -0.638. The van der Waals surface area contributed by atoms with Crippen molar-refractivity contribution in [3.63, 3.8) is 0 Å². The van der Waals surface area contributed by atoms with Crippen LogP contribution in [-0.4, -0.2) is 11.6 Å². The quantitative estimate of drug-likeness (QED) is 0.499. The summed E-state index contributed by atoms with van der Waals surface area (Å²) in [5.41, 5.74) is 0.227. The normalized spacial score (nSPS) is 39.5. The second-order valence-corrected chi connectivity index (χ2v) is 8.63. The molecule has 0 radical (unpaired) electrons. The van der Waals surface area contributed by atoms with Crippen LogP contribution in [0.2, 0.25) is 0 Å². The molecule has 108 valence electrons. The Labute approximate surface area is 121 Å². The van der Waals surface area contributed by atoms with Crippen LogP contribution in [0.1, 0.15) is 41.5 Å². The Morgan fingerprint density at radius 2 is 1.60 bits per heavy atom. The van der Waals surface area contributed by atoms with Crippen molar-refractivity contribution in [2.75, 3.05) is 0 Å². The summed E-state index contributed by atoms with van der Waals surface area (Å²) in [5, 5.41) is 0. The number of ketones is 2. The molecule has 4 rings (SSSR count). The Hall–Kier alpha value is -1.18. The molecule has 2 bridgehead atoms. The molecule has 1 fully saturated rings. The third-order valence-electron chi connectivity index (χ3n) is 5.57. The predicted octanol–water partition coefficient (Wildman–Crippen LogP) is 3.58. The molecule has 4 aliphatic rings. The van der Waals surface area contributed by atoms with E-state index in [9.17, 15) is 9.59 Å². The van der Waals surface area contributed by atoms with Gasteiger partial charge in [0, 0.05) is 5.92 Å². The van der Waals surface area contributed by atoms with Gasteiger partial charge in [0.15, 0.2) is 0 Å². The van der Waals surface area contributed by atoms with Crippen molar-refractivity contribution < 1.29 is 9.59 Å². The van der Waals surface area contributed by atoms with Crippen molar-refractivity contribution in [2.45, 2.75) is 41.5 Å². The fourth-order valence-electron chi connectivity index (χ4n) is 4.38. The van der Waals surface area contributed by atoms with E-state index >= 15 is 0 Å². The number of hydrogen-bond acceptors (Lipinski definition) is 2. The minimum absolute atomic E-state index is 0.0636. The molecule has 0 aromatic rings. The molecule has 0 N–H and O–H groups in total. The SMILES string of the molecule is CC(C)(C)C1=C[C@@]2(C(C)(C)C)C(=O)C(=O)[C@H]1[C@@H]1C=C[C@H]12. The largest absolute Gasteiger partial charge is 0.290 e. The Morgan fingerprint density at radius 1 is 1.00 bits per heavy atom.